The Kier molecular flexibility index (Phi) is 38.7. The number of hydrogen-bond acceptors (Lipinski definition) is 3. The number of hydrogen-bond donors (Lipinski definition) is 0. The van der Waals surface area contributed by atoms with Crippen LogP contribution in [0.25, 0.3) is 0 Å². The van der Waals surface area contributed by atoms with Crippen LogP contribution < -0.4 is 0 Å². The molecule has 0 N–H and O–H groups in total. The van der Waals surface area contributed by atoms with Crippen molar-refractivity contribution in [2.75, 3.05) is 13.2 Å². The second-order valence-corrected chi connectivity index (χ2v) is 12.5. The van der Waals surface area contributed by atoms with E-state index < -0.39 is 6.16 Å². The topological polar surface area (TPSA) is 35.5 Å². The van der Waals surface area contributed by atoms with Crippen LogP contribution in [0.1, 0.15) is 181 Å². The molecule has 0 bridgehead atoms. The Morgan fingerprint density at radius 2 is 0.674 bits per heavy atom. The molecule has 0 saturated carbocycles. The maximum Gasteiger partial charge on any atom is 0.508 e. The number of carbonyl (C=O) groups is 1. The van der Waals surface area contributed by atoms with Gasteiger partial charge in [0.25, 0.3) is 0 Å². The monoisotopic (exact) mass is 639 g/mol. The molecule has 0 radical (unpaired) electrons. The molecule has 0 aromatic carbocycles. The van der Waals surface area contributed by atoms with Gasteiger partial charge in [0, 0.05) is 0 Å². The standard InChI is InChI=1S/C43H74O3/c1-3-5-7-9-11-13-15-17-19-21-23-24-26-28-30-32-34-36-38-40-42-46-43(44)45-41-39-37-35-33-31-29-27-25-22-20-18-16-14-12-10-8-6-4-2/h5,7,11,13,17,19,22-25,28,30H,3-4,6,8-10,12,14-16,18,20-21,26-27,29,31-42H2,1-2H3/b7-5-,13-11-,19-17-,24-23-,25-22-,30-28-. The van der Waals surface area contributed by atoms with Crippen LogP contribution in [0.4, 0.5) is 4.79 Å². The molecule has 0 aliphatic rings. The summed E-state index contributed by atoms with van der Waals surface area (Å²) >= 11 is 0. The Labute approximate surface area is 286 Å². The zero-order valence-corrected chi connectivity index (χ0v) is 30.5. The molecule has 0 atom stereocenters. The highest BCUT2D eigenvalue weighted by Gasteiger charge is 2.03. The third kappa shape index (κ3) is 39.7. The molecule has 46 heavy (non-hydrogen) atoms. The van der Waals surface area contributed by atoms with Gasteiger partial charge in [-0.05, 0) is 83.5 Å². The fourth-order valence-corrected chi connectivity index (χ4v) is 5.14. The van der Waals surface area contributed by atoms with E-state index in [1.54, 1.807) is 0 Å². The molecule has 0 fully saturated rings. The summed E-state index contributed by atoms with van der Waals surface area (Å²) in [6, 6.07) is 0. The van der Waals surface area contributed by atoms with E-state index in [1.807, 2.05) is 0 Å². The van der Waals surface area contributed by atoms with Crippen LogP contribution in [0.5, 0.6) is 0 Å². The summed E-state index contributed by atoms with van der Waals surface area (Å²) in [6.07, 6.45) is 58.1. The van der Waals surface area contributed by atoms with E-state index >= 15 is 0 Å². The van der Waals surface area contributed by atoms with Gasteiger partial charge in [0.15, 0.2) is 0 Å². The van der Waals surface area contributed by atoms with Gasteiger partial charge in [0.1, 0.15) is 0 Å². The van der Waals surface area contributed by atoms with Gasteiger partial charge in [-0.25, -0.2) is 4.79 Å². The van der Waals surface area contributed by atoms with E-state index in [4.69, 9.17) is 9.47 Å². The first kappa shape index (κ1) is 43.7. The summed E-state index contributed by atoms with van der Waals surface area (Å²) in [5, 5.41) is 0. The lowest BCUT2D eigenvalue weighted by Crippen LogP contribution is -2.09. The van der Waals surface area contributed by atoms with Crippen molar-refractivity contribution < 1.29 is 14.3 Å². The predicted octanol–water partition coefficient (Wildman–Crippen LogP) is 14.7. The maximum absolute atomic E-state index is 11.8. The average Bonchev–Trinajstić information content (AvgIpc) is 3.06. The van der Waals surface area contributed by atoms with Crippen molar-refractivity contribution in [3.63, 3.8) is 0 Å². The predicted molar refractivity (Wildman–Crippen MR) is 204 cm³/mol. The highest BCUT2D eigenvalue weighted by atomic mass is 16.7. The van der Waals surface area contributed by atoms with Gasteiger partial charge in [-0.15, -0.1) is 0 Å². The summed E-state index contributed by atoms with van der Waals surface area (Å²) in [5.41, 5.74) is 0. The Bertz CT molecular complexity index is 786. The minimum absolute atomic E-state index is 0.466. The first-order chi connectivity index (χ1) is 22.8. The maximum atomic E-state index is 11.8. The van der Waals surface area contributed by atoms with E-state index in [1.165, 1.54) is 103 Å². The Balaban J connectivity index is 3.34. The highest BCUT2D eigenvalue weighted by Crippen LogP contribution is 2.11. The van der Waals surface area contributed by atoms with Crippen LogP contribution >= 0.6 is 0 Å². The Hall–Kier alpha value is -2.29. The highest BCUT2D eigenvalue weighted by molar-refractivity contribution is 5.59. The van der Waals surface area contributed by atoms with E-state index in [-0.39, 0.29) is 0 Å². The lowest BCUT2D eigenvalue weighted by molar-refractivity contribution is 0.0529. The zero-order valence-electron chi connectivity index (χ0n) is 30.5. The molecule has 0 rings (SSSR count). The minimum Gasteiger partial charge on any atom is -0.434 e. The van der Waals surface area contributed by atoms with Crippen molar-refractivity contribution in [3.8, 4) is 0 Å². The molecule has 0 aromatic rings. The van der Waals surface area contributed by atoms with Gasteiger partial charge in [-0.1, -0.05) is 170 Å². The molecule has 0 aliphatic heterocycles. The first-order valence-corrected chi connectivity index (χ1v) is 19.5. The smallest absolute Gasteiger partial charge is 0.434 e. The van der Waals surface area contributed by atoms with Gasteiger partial charge in [-0.2, -0.15) is 0 Å². The molecule has 3 nitrogen and oxygen atoms in total. The third-order valence-electron chi connectivity index (χ3n) is 8.02. The fourth-order valence-electron chi connectivity index (χ4n) is 5.14. The van der Waals surface area contributed by atoms with Gasteiger partial charge in [0.2, 0.25) is 0 Å². The molecular weight excluding hydrogens is 564 g/mol. The number of unbranched alkanes of at least 4 members (excludes halogenated alkanes) is 18. The van der Waals surface area contributed by atoms with Gasteiger partial charge >= 0.3 is 6.16 Å². The number of carbonyl (C=O) groups excluding carboxylic acids is 1. The first-order valence-electron chi connectivity index (χ1n) is 19.5. The Morgan fingerprint density at radius 3 is 1.07 bits per heavy atom. The summed E-state index contributed by atoms with van der Waals surface area (Å²) in [6.45, 7) is 5.39. The molecule has 0 aliphatic carbocycles. The lowest BCUT2D eigenvalue weighted by atomic mass is 10.1. The van der Waals surface area contributed by atoms with Crippen molar-refractivity contribution in [2.24, 2.45) is 0 Å². The van der Waals surface area contributed by atoms with Crippen LogP contribution in [-0.4, -0.2) is 19.4 Å². The summed E-state index contributed by atoms with van der Waals surface area (Å²) < 4.78 is 10.4. The molecule has 0 spiro atoms. The van der Waals surface area contributed by atoms with Crippen LogP contribution in [0.2, 0.25) is 0 Å². The van der Waals surface area contributed by atoms with Crippen molar-refractivity contribution >= 4 is 6.16 Å². The average molecular weight is 639 g/mol. The third-order valence-corrected chi connectivity index (χ3v) is 8.02. The quantitative estimate of drug-likeness (QED) is 0.0400. The lowest BCUT2D eigenvalue weighted by Gasteiger charge is -2.06. The second-order valence-electron chi connectivity index (χ2n) is 12.5. The summed E-state index contributed by atoms with van der Waals surface area (Å²) in [4.78, 5) is 11.8. The molecule has 3 heteroatoms. The SMILES string of the molecule is CC/C=C\C/C=C\C/C=C\C/C=C\C/C=C\CCCCCCOC(=O)OCCCCCCCC/C=C\CCCCCCCCCC. The Morgan fingerprint density at radius 1 is 0.370 bits per heavy atom. The van der Waals surface area contributed by atoms with Crippen LogP contribution in [-0.2, 0) is 9.47 Å². The number of allylic oxidation sites excluding steroid dienone is 12. The van der Waals surface area contributed by atoms with Crippen LogP contribution in [0.3, 0.4) is 0 Å². The van der Waals surface area contributed by atoms with Gasteiger partial charge in [0.05, 0.1) is 13.2 Å². The van der Waals surface area contributed by atoms with E-state index in [9.17, 15) is 4.79 Å². The molecular formula is C43H74O3. The molecule has 0 unspecified atom stereocenters. The summed E-state index contributed by atoms with van der Waals surface area (Å²) in [7, 11) is 0. The molecule has 0 heterocycles. The van der Waals surface area contributed by atoms with E-state index in [0.717, 1.165) is 64.2 Å². The van der Waals surface area contributed by atoms with Gasteiger partial charge < -0.3 is 9.47 Å². The van der Waals surface area contributed by atoms with Crippen LogP contribution in [0, 0.1) is 0 Å². The summed E-state index contributed by atoms with van der Waals surface area (Å²) in [5.74, 6) is 0. The van der Waals surface area contributed by atoms with Crippen molar-refractivity contribution in [3.05, 3.63) is 72.9 Å². The molecule has 0 aromatic heterocycles. The zero-order chi connectivity index (χ0) is 33.3. The van der Waals surface area contributed by atoms with Crippen molar-refractivity contribution in [1.82, 2.24) is 0 Å². The van der Waals surface area contributed by atoms with E-state index in [2.05, 4.69) is 86.8 Å². The molecule has 0 saturated heterocycles. The van der Waals surface area contributed by atoms with Crippen LogP contribution in [0.15, 0.2) is 72.9 Å². The second kappa shape index (κ2) is 40.7. The number of rotatable bonds is 34. The van der Waals surface area contributed by atoms with Crippen molar-refractivity contribution in [1.29, 1.82) is 0 Å². The van der Waals surface area contributed by atoms with Gasteiger partial charge in [-0.3, -0.25) is 0 Å². The normalized spacial score (nSPS) is 12.4. The fraction of sp³-hybridized carbons (Fsp3) is 0.698. The minimum atomic E-state index is -0.502. The van der Waals surface area contributed by atoms with Crippen molar-refractivity contribution in [2.45, 2.75) is 181 Å². The molecule has 0 amide bonds. The largest absolute Gasteiger partial charge is 0.508 e. The molecule has 264 valence electrons. The number of ether oxygens (including phenoxy) is 2. The van der Waals surface area contributed by atoms with E-state index in [0.29, 0.717) is 13.2 Å².